The maximum atomic E-state index is 11.4. The molecule has 1 heterocycles. The summed E-state index contributed by atoms with van der Waals surface area (Å²) < 4.78 is 9.02. The fourth-order valence-corrected chi connectivity index (χ4v) is 2.24. The maximum Gasteiger partial charge on any atom is 0.346 e. The predicted molar refractivity (Wildman–Crippen MR) is 72.0 cm³/mol. The van der Waals surface area contributed by atoms with E-state index in [2.05, 4.69) is 19.8 Å². The van der Waals surface area contributed by atoms with Gasteiger partial charge in [0, 0.05) is 11.1 Å². The quantitative estimate of drug-likeness (QED) is 0.383. The number of aromatic nitrogens is 1. The Morgan fingerprint density at radius 3 is 2.32 bits per heavy atom. The van der Waals surface area contributed by atoms with Crippen molar-refractivity contribution < 1.29 is 19.1 Å². The molecule has 0 unspecified atom stereocenters. The molecule has 0 aromatic carbocycles. The molecule has 0 bridgehead atoms. The van der Waals surface area contributed by atoms with Crippen molar-refractivity contribution in [2.75, 3.05) is 19.5 Å². The van der Waals surface area contributed by atoms with Gasteiger partial charge < -0.3 is 14.8 Å². The summed E-state index contributed by atoms with van der Waals surface area (Å²) in [6.45, 7) is 3.98. The molecule has 0 fully saturated rings. The third kappa shape index (κ3) is 3.78. The molecule has 0 spiro atoms. The number of esters is 2. The lowest BCUT2D eigenvalue weighted by Crippen LogP contribution is -2.17. The van der Waals surface area contributed by atoms with Crippen LogP contribution in [0.3, 0.4) is 0 Å². The van der Waals surface area contributed by atoms with Crippen LogP contribution in [-0.2, 0) is 25.5 Å². The fourth-order valence-electron chi connectivity index (χ4n) is 1.37. The van der Waals surface area contributed by atoms with Crippen LogP contribution < -0.4 is 5.32 Å². The monoisotopic (exact) mass is 284 g/mol. The van der Waals surface area contributed by atoms with Crippen LogP contribution in [0.5, 0.6) is 0 Å². The topological polar surface area (TPSA) is 77.5 Å². The van der Waals surface area contributed by atoms with E-state index in [0.717, 1.165) is 17.0 Å². The molecule has 0 aliphatic heterocycles. The van der Waals surface area contributed by atoms with E-state index >= 15 is 0 Å². The van der Waals surface area contributed by atoms with Gasteiger partial charge in [-0.25, -0.2) is 14.6 Å². The van der Waals surface area contributed by atoms with Gasteiger partial charge in [0.15, 0.2) is 10.7 Å². The summed E-state index contributed by atoms with van der Waals surface area (Å²) in [6.07, 6.45) is 2.07. The number of thiazole rings is 1. The third-order valence-electron chi connectivity index (χ3n) is 2.38. The zero-order chi connectivity index (χ0) is 14.4. The second-order valence-corrected chi connectivity index (χ2v) is 4.76. The lowest BCUT2D eigenvalue weighted by atomic mass is 10.3. The third-order valence-corrected chi connectivity index (χ3v) is 3.32. The Hall–Kier alpha value is -1.89. The molecule has 1 rings (SSSR count). The van der Waals surface area contributed by atoms with Gasteiger partial charge in [-0.2, -0.15) is 0 Å². The first-order valence-corrected chi connectivity index (χ1v) is 6.44. The molecule has 104 valence electrons. The molecular formula is C12H16N2O4S. The van der Waals surface area contributed by atoms with Crippen LogP contribution in [0, 0.1) is 6.92 Å². The van der Waals surface area contributed by atoms with Crippen LogP contribution in [-0.4, -0.2) is 31.1 Å². The van der Waals surface area contributed by atoms with Crippen LogP contribution in [0.25, 0.3) is 0 Å². The predicted octanol–water partition coefficient (Wildman–Crippen LogP) is 1.66. The van der Waals surface area contributed by atoms with E-state index in [0.29, 0.717) is 5.13 Å². The molecule has 0 atom stereocenters. The van der Waals surface area contributed by atoms with Gasteiger partial charge in [-0.1, -0.05) is 6.92 Å². The van der Waals surface area contributed by atoms with Gasteiger partial charge in [-0.15, -0.1) is 11.3 Å². The minimum absolute atomic E-state index is 0.212. The summed E-state index contributed by atoms with van der Waals surface area (Å²) in [4.78, 5) is 28.2. The highest BCUT2D eigenvalue weighted by molar-refractivity contribution is 7.15. The number of nitrogens with one attached hydrogen (secondary N) is 1. The number of carbonyl (C=O) groups excluding carboxylic acids is 2. The molecule has 1 aromatic rings. The zero-order valence-electron chi connectivity index (χ0n) is 11.3. The summed E-state index contributed by atoms with van der Waals surface area (Å²) in [5.74, 6) is -1.52. The van der Waals surface area contributed by atoms with E-state index in [4.69, 9.17) is 0 Å². The van der Waals surface area contributed by atoms with Gasteiger partial charge in [0.1, 0.15) is 0 Å². The molecule has 1 aromatic heterocycles. The van der Waals surface area contributed by atoms with E-state index in [1.165, 1.54) is 31.8 Å². The molecular weight excluding hydrogens is 268 g/mol. The number of carbonyl (C=O) groups is 2. The average Bonchev–Trinajstić information content (AvgIpc) is 2.78. The molecule has 0 aliphatic rings. The summed E-state index contributed by atoms with van der Waals surface area (Å²) >= 11 is 1.45. The molecule has 0 radical (unpaired) electrons. The highest BCUT2D eigenvalue weighted by atomic mass is 32.1. The van der Waals surface area contributed by atoms with Crippen molar-refractivity contribution in [3.05, 3.63) is 22.3 Å². The summed E-state index contributed by atoms with van der Waals surface area (Å²) in [6, 6.07) is 0. The molecule has 0 saturated heterocycles. The van der Waals surface area contributed by atoms with Gasteiger partial charge in [0.25, 0.3) is 0 Å². The standard InChI is InChI=1S/C12H16N2O4S/c1-5-9-7(2)19-12(14-9)13-6-8(10(15)17-3)11(16)18-4/h6H,5H2,1-4H3,(H,13,14). The van der Waals surface area contributed by atoms with Gasteiger partial charge in [-0.05, 0) is 13.3 Å². The first-order chi connectivity index (χ1) is 9.03. The van der Waals surface area contributed by atoms with Gasteiger partial charge in [0.05, 0.1) is 19.9 Å². The molecule has 1 N–H and O–H groups in total. The number of nitrogens with zero attached hydrogens (tertiary/aromatic N) is 1. The van der Waals surface area contributed by atoms with Crippen molar-refractivity contribution >= 4 is 28.4 Å². The maximum absolute atomic E-state index is 11.4. The van der Waals surface area contributed by atoms with Gasteiger partial charge in [-0.3, -0.25) is 0 Å². The normalized spacial score (nSPS) is 9.68. The van der Waals surface area contributed by atoms with Crippen LogP contribution in [0.15, 0.2) is 11.8 Å². The molecule has 0 amide bonds. The second-order valence-electron chi connectivity index (χ2n) is 3.56. The van der Waals surface area contributed by atoms with Crippen LogP contribution in [0.4, 0.5) is 5.13 Å². The van der Waals surface area contributed by atoms with E-state index in [1.807, 2.05) is 13.8 Å². The van der Waals surface area contributed by atoms with E-state index < -0.39 is 11.9 Å². The number of ether oxygens (including phenoxy) is 2. The molecule has 0 saturated carbocycles. The molecule has 0 aliphatic carbocycles. The Kier molecular flexibility index (Phi) is 5.50. The van der Waals surface area contributed by atoms with Crippen molar-refractivity contribution in [3.8, 4) is 0 Å². The van der Waals surface area contributed by atoms with Crippen molar-refractivity contribution in [3.63, 3.8) is 0 Å². The number of anilines is 1. The number of hydrogen-bond donors (Lipinski definition) is 1. The molecule has 19 heavy (non-hydrogen) atoms. The van der Waals surface area contributed by atoms with Crippen molar-refractivity contribution in [2.45, 2.75) is 20.3 Å². The summed E-state index contributed by atoms with van der Waals surface area (Å²) in [7, 11) is 2.39. The lowest BCUT2D eigenvalue weighted by molar-refractivity contribution is -0.144. The average molecular weight is 284 g/mol. The van der Waals surface area contributed by atoms with Crippen molar-refractivity contribution in [1.82, 2.24) is 4.98 Å². The number of methoxy groups -OCH3 is 2. The first kappa shape index (κ1) is 15.2. The first-order valence-electron chi connectivity index (χ1n) is 5.63. The van der Waals surface area contributed by atoms with E-state index in [1.54, 1.807) is 0 Å². The Bertz CT molecular complexity index is 490. The molecule has 7 heteroatoms. The van der Waals surface area contributed by atoms with Crippen LogP contribution in [0.1, 0.15) is 17.5 Å². The Morgan fingerprint density at radius 1 is 1.32 bits per heavy atom. The SMILES string of the molecule is CCc1nc(NC=C(C(=O)OC)C(=O)OC)sc1C. The van der Waals surface area contributed by atoms with Gasteiger partial charge in [0.2, 0.25) is 0 Å². The highest BCUT2D eigenvalue weighted by Crippen LogP contribution is 2.22. The second kappa shape index (κ2) is 6.89. The van der Waals surface area contributed by atoms with Crippen molar-refractivity contribution in [1.29, 1.82) is 0 Å². The Morgan fingerprint density at radius 2 is 1.89 bits per heavy atom. The number of aryl methyl sites for hydroxylation is 2. The van der Waals surface area contributed by atoms with Crippen molar-refractivity contribution in [2.24, 2.45) is 0 Å². The van der Waals surface area contributed by atoms with E-state index in [9.17, 15) is 9.59 Å². The van der Waals surface area contributed by atoms with Crippen LogP contribution in [0.2, 0.25) is 0 Å². The highest BCUT2D eigenvalue weighted by Gasteiger charge is 2.19. The number of rotatable bonds is 5. The fraction of sp³-hybridized carbons (Fsp3) is 0.417. The number of hydrogen-bond acceptors (Lipinski definition) is 7. The Balaban J connectivity index is 2.91. The smallest absolute Gasteiger partial charge is 0.346 e. The summed E-state index contributed by atoms with van der Waals surface area (Å²) in [5, 5.41) is 3.43. The van der Waals surface area contributed by atoms with E-state index in [-0.39, 0.29) is 5.57 Å². The van der Waals surface area contributed by atoms with Crippen LogP contribution >= 0.6 is 11.3 Å². The summed E-state index contributed by atoms with van der Waals surface area (Å²) in [5.41, 5.74) is 0.773. The lowest BCUT2D eigenvalue weighted by Gasteiger charge is -2.03. The zero-order valence-corrected chi connectivity index (χ0v) is 12.1. The Labute approximate surface area is 115 Å². The van der Waals surface area contributed by atoms with Gasteiger partial charge >= 0.3 is 11.9 Å². The minimum atomic E-state index is -0.761. The largest absolute Gasteiger partial charge is 0.465 e. The molecule has 6 nitrogen and oxygen atoms in total. The minimum Gasteiger partial charge on any atom is -0.465 e.